The van der Waals surface area contributed by atoms with E-state index in [9.17, 15) is 9.59 Å². The van der Waals surface area contributed by atoms with Gasteiger partial charge in [0.1, 0.15) is 5.56 Å². The van der Waals surface area contributed by atoms with Gasteiger partial charge in [0.15, 0.2) is 0 Å². The fourth-order valence-corrected chi connectivity index (χ4v) is 1.81. The summed E-state index contributed by atoms with van der Waals surface area (Å²) in [5.41, 5.74) is 0.753. The van der Waals surface area contributed by atoms with E-state index in [1.165, 1.54) is 4.57 Å². The van der Waals surface area contributed by atoms with Crippen LogP contribution >= 0.6 is 0 Å². The zero-order valence-corrected chi connectivity index (χ0v) is 9.37. The van der Waals surface area contributed by atoms with Gasteiger partial charge >= 0.3 is 5.97 Å². The molecular weight excluding hydrogens is 194 g/mol. The smallest absolute Gasteiger partial charge is 0.341 e. The molecule has 0 unspecified atom stereocenters. The van der Waals surface area contributed by atoms with E-state index >= 15 is 0 Å². The number of nitrogens with zero attached hydrogens (tertiary/aromatic N) is 1. The van der Waals surface area contributed by atoms with Crippen molar-refractivity contribution in [2.75, 3.05) is 0 Å². The second-order valence-corrected chi connectivity index (χ2v) is 3.92. The second kappa shape index (κ2) is 3.88. The van der Waals surface area contributed by atoms with Gasteiger partial charge in [0.2, 0.25) is 0 Å². The van der Waals surface area contributed by atoms with Gasteiger partial charge in [0.05, 0.1) is 0 Å². The fraction of sp³-hybridized carbons (Fsp3) is 0.455. The molecule has 0 spiro atoms. The van der Waals surface area contributed by atoms with E-state index in [0.717, 1.165) is 5.69 Å². The highest BCUT2D eigenvalue weighted by Gasteiger charge is 2.17. The van der Waals surface area contributed by atoms with Gasteiger partial charge in [-0.15, -0.1) is 0 Å². The number of carbonyl (C=O) groups is 1. The number of aromatic nitrogens is 1. The van der Waals surface area contributed by atoms with E-state index in [1.807, 2.05) is 13.8 Å². The molecule has 0 aromatic carbocycles. The van der Waals surface area contributed by atoms with Crippen LogP contribution in [0.2, 0.25) is 0 Å². The van der Waals surface area contributed by atoms with E-state index < -0.39 is 11.5 Å². The Morgan fingerprint density at radius 3 is 2.33 bits per heavy atom. The Labute approximate surface area is 88.2 Å². The van der Waals surface area contributed by atoms with Crippen LogP contribution in [0.3, 0.4) is 0 Å². The van der Waals surface area contributed by atoms with Crippen LogP contribution in [0.4, 0.5) is 0 Å². The van der Waals surface area contributed by atoms with Gasteiger partial charge in [0.25, 0.3) is 5.56 Å². The average molecular weight is 209 g/mol. The number of rotatable bonds is 2. The fourth-order valence-electron chi connectivity index (χ4n) is 1.81. The first-order valence-electron chi connectivity index (χ1n) is 4.82. The summed E-state index contributed by atoms with van der Waals surface area (Å²) < 4.78 is 1.50. The molecule has 4 nitrogen and oxygen atoms in total. The predicted molar refractivity (Wildman–Crippen MR) is 57.5 cm³/mol. The van der Waals surface area contributed by atoms with Gasteiger partial charge < -0.3 is 9.67 Å². The van der Waals surface area contributed by atoms with Crippen LogP contribution in [0.1, 0.15) is 41.5 Å². The van der Waals surface area contributed by atoms with Gasteiger partial charge in [-0.3, -0.25) is 4.79 Å². The molecule has 0 aliphatic carbocycles. The number of carboxylic acid groups (broad SMARTS) is 1. The molecule has 0 radical (unpaired) electrons. The SMILES string of the molecule is Cc1cc(C)n(C(C)C)c(=O)c1C(=O)O. The van der Waals surface area contributed by atoms with Gasteiger partial charge in [-0.05, 0) is 39.3 Å². The summed E-state index contributed by atoms with van der Waals surface area (Å²) in [6.45, 7) is 7.16. The molecule has 1 aromatic heterocycles. The summed E-state index contributed by atoms with van der Waals surface area (Å²) in [5.74, 6) is -1.16. The van der Waals surface area contributed by atoms with E-state index in [4.69, 9.17) is 5.11 Å². The van der Waals surface area contributed by atoms with Crippen molar-refractivity contribution in [2.24, 2.45) is 0 Å². The van der Waals surface area contributed by atoms with Gasteiger partial charge in [-0.1, -0.05) is 0 Å². The Morgan fingerprint density at radius 2 is 1.93 bits per heavy atom. The zero-order valence-electron chi connectivity index (χ0n) is 9.37. The Kier molecular flexibility index (Phi) is 2.98. The maximum Gasteiger partial charge on any atom is 0.341 e. The highest BCUT2D eigenvalue weighted by molar-refractivity contribution is 5.88. The van der Waals surface area contributed by atoms with Crippen molar-refractivity contribution >= 4 is 5.97 Å². The second-order valence-electron chi connectivity index (χ2n) is 3.92. The zero-order chi connectivity index (χ0) is 11.7. The van der Waals surface area contributed by atoms with Crippen molar-refractivity contribution in [2.45, 2.75) is 33.7 Å². The number of aromatic carboxylic acids is 1. The van der Waals surface area contributed by atoms with Gasteiger partial charge in [-0.25, -0.2) is 4.79 Å². The van der Waals surface area contributed by atoms with Crippen molar-refractivity contribution < 1.29 is 9.90 Å². The van der Waals surface area contributed by atoms with Gasteiger partial charge in [-0.2, -0.15) is 0 Å². The first-order valence-corrected chi connectivity index (χ1v) is 4.82. The molecular formula is C11H15NO3. The molecule has 0 aliphatic heterocycles. The van der Waals surface area contributed by atoms with Gasteiger partial charge in [0, 0.05) is 11.7 Å². The van der Waals surface area contributed by atoms with Crippen molar-refractivity contribution in [3.05, 3.63) is 33.2 Å². The van der Waals surface area contributed by atoms with Crippen molar-refractivity contribution in [1.29, 1.82) is 0 Å². The first kappa shape index (κ1) is 11.5. The summed E-state index contributed by atoms with van der Waals surface area (Å²) in [6.07, 6.45) is 0. The molecule has 0 atom stereocenters. The predicted octanol–water partition coefficient (Wildman–Crippen LogP) is 1.74. The summed E-state index contributed by atoms with van der Waals surface area (Å²) in [4.78, 5) is 22.8. The quantitative estimate of drug-likeness (QED) is 0.807. The van der Waals surface area contributed by atoms with Crippen molar-refractivity contribution in [1.82, 2.24) is 4.57 Å². The summed E-state index contributed by atoms with van der Waals surface area (Å²) >= 11 is 0. The maximum absolute atomic E-state index is 11.9. The molecule has 1 rings (SSSR count). The molecule has 4 heteroatoms. The Morgan fingerprint density at radius 1 is 1.40 bits per heavy atom. The van der Waals surface area contributed by atoms with Crippen LogP contribution in [0.25, 0.3) is 0 Å². The third-order valence-corrected chi connectivity index (χ3v) is 2.36. The van der Waals surface area contributed by atoms with E-state index in [0.29, 0.717) is 5.56 Å². The molecule has 1 heterocycles. The molecule has 0 saturated carbocycles. The highest BCUT2D eigenvalue weighted by atomic mass is 16.4. The Bertz CT molecular complexity index is 458. The van der Waals surface area contributed by atoms with E-state index in [-0.39, 0.29) is 11.6 Å². The average Bonchev–Trinajstić information content (AvgIpc) is 1.99. The number of hydrogen-bond acceptors (Lipinski definition) is 2. The molecule has 15 heavy (non-hydrogen) atoms. The molecule has 0 fully saturated rings. The first-order chi connectivity index (χ1) is 6.86. The number of hydrogen-bond donors (Lipinski definition) is 1. The topological polar surface area (TPSA) is 59.3 Å². The lowest BCUT2D eigenvalue weighted by molar-refractivity contribution is 0.0693. The third-order valence-electron chi connectivity index (χ3n) is 2.36. The largest absolute Gasteiger partial charge is 0.477 e. The Hall–Kier alpha value is -1.58. The standard InChI is InChI=1S/C11H15NO3/c1-6(2)12-8(4)5-7(3)9(10(12)13)11(14)15/h5-6H,1-4H3,(H,14,15). The van der Waals surface area contributed by atoms with Crippen molar-refractivity contribution in [3.8, 4) is 0 Å². The maximum atomic E-state index is 11.9. The van der Waals surface area contributed by atoms with Crippen LogP contribution in [0.15, 0.2) is 10.9 Å². The van der Waals surface area contributed by atoms with E-state index in [2.05, 4.69) is 0 Å². The molecule has 0 amide bonds. The molecule has 0 aliphatic rings. The monoisotopic (exact) mass is 209 g/mol. The number of aryl methyl sites for hydroxylation is 2. The molecule has 0 bridgehead atoms. The Balaban J connectivity index is 3.65. The number of carboxylic acids is 1. The minimum atomic E-state index is -1.16. The molecule has 0 saturated heterocycles. The molecule has 82 valence electrons. The van der Waals surface area contributed by atoms with Crippen LogP contribution < -0.4 is 5.56 Å². The summed E-state index contributed by atoms with van der Waals surface area (Å²) in [6, 6.07) is 1.70. The molecule has 1 aromatic rings. The van der Waals surface area contributed by atoms with Crippen LogP contribution in [0.5, 0.6) is 0 Å². The van der Waals surface area contributed by atoms with Crippen LogP contribution in [-0.2, 0) is 0 Å². The van der Waals surface area contributed by atoms with Crippen LogP contribution in [-0.4, -0.2) is 15.6 Å². The van der Waals surface area contributed by atoms with Crippen molar-refractivity contribution in [3.63, 3.8) is 0 Å². The summed E-state index contributed by atoms with van der Waals surface area (Å²) in [7, 11) is 0. The molecule has 1 N–H and O–H groups in total. The minimum Gasteiger partial charge on any atom is -0.477 e. The lowest BCUT2D eigenvalue weighted by atomic mass is 10.1. The normalized spacial score (nSPS) is 10.7. The lowest BCUT2D eigenvalue weighted by Gasteiger charge is -2.15. The summed E-state index contributed by atoms with van der Waals surface area (Å²) in [5, 5.41) is 8.93. The lowest BCUT2D eigenvalue weighted by Crippen LogP contribution is -2.30. The van der Waals surface area contributed by atoms with E-state index in [1.54, 1.807) is 19.9 Å². The minimum absolute atomic E-state index is 0.0313. The van der Waals surface area contributed by atoms with Crippen LogP contribution in [0, 0.1) is 13.8 Å². The third kappa shape index (κ3) is 1.93. The highest BCUT2D eigenvalue weighted by Crippen LogP contribution is 2.10. The number of pyridine rings is 1.